The Morgan fingerprint density at radius 1 is 1.02 bits per heavy atom. The molecule has 6 aliphatic rings. The summed E-state index contributed by atoms with van der Waals surface area (Å²) >= 11 is 1.53. The van der Waals surface area contributed by atoms with Crippen molar-refractivity contribution < 1.29 is 48.6 Å². The third-order valence-electron chi connectivity index (χ3n) is 11.9. The fourth-order valence-corrected chi connectivity index (χ4v) is 11.5. The predicted octanol–water partition coefficient (Wildman–Crippen LogP) is 4.47. The number of carbonyl (C=O) groups is 2. The van der Waals surface area contributed by atoms with E-state index in [0.29, 0.717) is 47.1 Å². The molecule has 1 fully saturated rings. The smallest absolute Gasteiger partial charge is 0.308 e. The van der Waals surface area contributed by atoms with Crippen molar-refractivity contribution in [3.8, 4) is 40.2 Å². The quantitative estimate of drug-likeness (QED) is 0.218. The lowest BCUT2D eigenvalue weighted by Crippen LogP contribution is -2.58. The van der Waals surface area contributed by atoms with Crippen LogP contribution in [-0.4, -0.2) is 96.5 Å². The summed E-state index contributed by atoms with van der Waals surface area (Å²) in [4.78, 5) is 32.0. The van der Waals surface area contributed by atoms with Gasteiger partial charge in [0, 0.05) is 66.4 Å². The third-order valence-corrected chi connectivity index (χ3v) is 13.4. The second kappa shape index (κ2) is 13.5. The van der Waals surface area contributed by atoms with Crippen molar-refractivity contribution in [3.63, 3.8) is 0 Å². The molecule has 4 N–H and O–H groups in total. The number of aliphatic hydroxyl groups is 1. The van der Waals surface area contributed by atoms with Gasteiger partial charge in [-0.2, -0.15) is 0 Å². The number of nitrogens with one attached hydrogen (secondary N) is 1. The number of ether oxygens (including phenoxy) is 5. The van der Waals surface area contributed by atoms with E-state index in [0.717, 1.165) is 33.4 Å². The van der Waals surface area contributed by atoms with Gasteiger partial charge in [0.25, 0.3) is 0 Å². The van der Waals surface area contributed by atoms with Gasteiger partial charge in [-0.15, -0.1) is 11.8 Å². The zero-order valence-corrected chi connectivity index (χ0v) is 32.4. The van der Waals surface area contributed by atoms with Gasteiger partial charge in [0.05, 0.1) is 25.5 Å². The molecule has 0 aromatic heterocycles. The molecule has 1 saturated heterocycles. The summed E-state index contributed by atoms with van der Waals surface area (Å²) in [6.07, 6.45) is 0.186. The first kappa shape index (κ1) is 36.8. The summed E-state index contributed by atoms with van der Waals surface area (Å²) in [7, 11) is 6.93. The minimum atomic E-state index is -1.15. The van der Waals surface area contributed by atoms with Crippen molar-refractivity contribution in [1.82, 2.24) is 15.1 Å². The van der Waals surface area contributed by atoms with E-state index >= 15 is 0 Å². The molecule has 0 saturated carbocycles. The molecule has 14 heteroatoms. The Bertz CT molecular complexity index is 2070. The van der Waals surface area contributed by atoms with E-state index in [1.807, 2.05) is 34.0 Å². The molecule has 3 aromatic carbocycles. The van der Waals surface area contributed by atoms with Crippen LogP contribution in [0, 0.1) is 13.8 Å². The van der Waals surface area contributed by atoms with Gasteiger partial charge in [-0.25, -0.2) is 0 Å². The Morgan fingerprint density at radius 3 is 2.48 bits per heavy atom. The van der Waals surface area contributed by atoms with Crippen LogP contribution < -0.4 is 29.0 Å². The average Bonchev–Trinajstić information content (AvgIpc) is 3.57. The molecule has 1 unspecified atom stereocenters. The van der Waals surface area contributed by atoms with Gasteiger partial charge in [-0.3, -0.25) is 14.5 Å². The Hall–Kier alpha value is -4.21. The normalized spacial score (nSPS) is 27.1. The molecule has 6 heterocycles. The molecule has 0 radical (unpaired) electrons. The van der Waals surface area contributed by atoms with Gasteiger partial charge in [-0.05, 0) is 75.2 Å². The number of hydrogen-bond acceptors (Lipinski definition) is 14. The lowest BCUT2D eigenvalue weighted by molar-refractivity contribution is -0.132. The van der Waals surface area contributed by atoms with Crippen molar-refractivity contribution in [2.45, 2.75) is 81.6 Å². The number of carbonyl (C=O) groups excluding carboxylic acids is 2. The number of methoxy groups -OCH3 is 2. The van der Waals surface area contributed by atoms with Crippen molar-refractivity contribution in [2.24, 2.45) is 0 Å². The maximum Gasteiger partial charge on any atom is 0.308 e. The van der Waals surface area contributed by atoms with Crippen LogP contribution in [0.2, 0.25) is 0 Å². The number of nitrogens with zero attached hydrogens (tertiary/aromatic N) is 2. The third kappa shape index (κ3) is 5.35. The van der Waals surface area contributed by atoms with E-state index in [4.69, 9.17) is 23.7 Å². The summed E-state index contributed by atoms with van der Waals surface area (Å²) in [5.74, 6) is 1.78. The van der Waals surface area contributed by atoms with Crippen molar-refractivity contribution in [1.29, 1.82) is 0 Å². The molecule has 0 aliphatic carbocycles. The largest absolute Gasteiger partial charge is 0.504 e. The molecule has 6 atom stereocenters. The maximum atomic E-state index is 14.9. The number of aromatic hydroxyl groups is 2. The number of likely N-dealkylation sites (N-methyl/N-ethyl adjacent to an activating group) is 1. The van der Waals surface area contributed by atoms with Crippen LogP contribution in [0.25, 0.3) is 0 Å². The summed E-state index contributed by atoms with van der Waals surface area (Å²) in [6, 6.07) is 3.80. The van der Waals surface area contributed by atoms with Gasteiger partial charge < -0.3 is 49.2 Å². The fraction of sp³-hybridized carbons (Fsp3) is 0.500. The summed E-state index contributed by atoms with van der Waals surface area (Å²) in [5, 5.41) is 38.3. The molecule has 1 spiro atoms. The number of ketones is 1. The molecule has 0 amide bonds. The fourth-order valence-electron chi connectivity index (χ4n) is 9.79. The van der Waals surface area contributed by atoms with Crippen molar-refractivity contribution in [2.75, 3.05) is 47.4 Å². The van der Waals surface area contributed by atoms with Crippen LogP contribution in [0.1, 0.15) is 81.6 Å². The highest BCUT2D eigenvalue weighted by molar-refractivity contribution is 7.99. The van der Waals surface area contributed by atoms with Gasteiger partial charge in [0.1, 0.15) is 17.5 Å². The predicted molar refractivity (Wildman–Crippen MR) is 200 cm³/mol. The van der Waals surface area contributed by atoms with E-state index in [2.05, 4.69) is 15.1 Å². The maximum absolute atomic E-state index is 14.9. The number of rotatable bonds is 4. The zero-order chi connectivity index (χ0) is 38.4. The van der Waals surface area contributed by atoms with Gasteiger partial charge >= 0.3 is 5.97 Å². The number of phenols is 2. The zero-order valence-electron chi connectivity index (χ0n) is 31.6. The van der Waals surface area contributed by atoms with E-state index in [-0.39, 0.29) is 54.8 Å². The average molecular weight is 762 g/mol. The van der Waals surface area contributed by atoms with Crippen molar-refractivity contribution in [3.05, 3.63) is 62.7 Å². The Balaban J connectivity index is 1.43. The number of esters is 1. The molecule has 6 aliphatic heterocycles. The number of fused-ring (bicyclic) bond motifs is 6. The number of hydrogen-bond donors (Lipinski definition) is 4. The first-order valence-corrected chi connectivity index (χ1v) is 19.3. The Labute approximate surface area is 318 Å². The number of aryl methyl sites for hydroxylation is 1. The van der Waals surface area contributed by atoms with Gasteiger partial charge in [0.15, 0.2) is 40.3 Å². The molecular formula is C40H47N3O10S. The highest BCUT2D eigenvalue weighted by Crippen LogP contribution is 2.63. The second-order valence-electron chi connectivity index (χ2n) is 15.1. The SMILES string of the molecule is COc1cc2c(cc1O)CCN[C@]21CS[C@H]2c3c(OC(C)=O)c(C)c4c(c3[C@H](CCC1=O)N1C2[C@@H](N(C)C)c2c(cc(C)c(OC)c2O)C[C@@H]1O)OCO4. The number of thioether (sulfide) groups is 1. The molecule has 3 aromatic rings. The topological polar surface area (TPSA) is 159 Å². The van der Waals surface area contributed by atoms with Crippen LogP contribution in [-0.2, 0) is 28.0 Å². The van der Waals surface area contributed by atoms with Gasteiger partial charge in [0.2, 0.25) is 6.79 Å². The standard InChI is InChI=1S/C40H47N3O10S/c1-18-12-22-14-28(47)43-24-8-9-27(46)40(23-15-26(49-6)25(45)13-21(23)10-11-41-40)16-54-39(33(43)32(42(4)5)29(22)34(48)35(18)50-7)31-30(24)38-37(51-17-52-38)19(2)36(31)53-20(3)44/h12-13,15,24,28,32-33,39,41,45,47-48H,8-11,14,16-17H2,1-7H3/t24-,28-,32-,33?,39-,40+/m0/s1. The number of benzene rings is 3. The molecule has 9 rings (SSSR count). The monoisotopic (exact) mass is 761 g/mol. The number of Topliss-reactive ketones (excluding diaryl/α,β-unsaturated/α-hetero) is 1. The molecule has 2 bridgehead atoms. The lowest BCUT2D eigenvalue weighted by atomic mass is 9.76. The van der Waals surface area contributed by atoms with Crippen LogP contribution in [0.3, 0.4) is 0 Å². The molecular weight excluding hydrogens is 715 g/mol. The van der Waals surface area contributed by atoms with Gasteiger partial charge in [-0.1, -0.05) is 6.07 Å². The highest BCUT2D eigenvalue weighted by atomic mass is 32.2. The van der Waals surface area contributed by atoms with E-state index < -0.39 is 41.1 Å². The van der Waals surface area contributed by atoms with E-state index in [1.165, 1.54) is 32.9 Å². The minimum absolute atomic E-state index is 0.0138. The van der Waals surface area contributed by atoms with E-state index in [1.54, 1.807) is 12.1 Å². The highest BCUT2D eigenvalue weighted by Gasteiger charge is 2.57. The Kier molecular flexibility index (Phi) is 9.20. The minimum Gasteiger partial charge on any atom is -0.504 e. The number of aliphatic hydroxyl groups excluding tert-OH is 1. The van der Waals surface area contributed by atoms with Crippen molar-refractivity contribution >= 4 is 23.5 Å². The van der Waals surface area contributed by atoms with Crippen LogP contribution >= 0.6 is 11.8 Å². The van der Waals surface area contributed by atoms with Crippen LogP contribution in [0.5, 0.6) is 40.2 Å². The first-order valence-electron chi connectivity index (χ1n) is 18.3. The van der Waals surface area contributed by atoms with Crippen LogP contribution in [0.4, 0.5) is 0 Å². The first-order chi connectivity index (χ1) is 25.8. The number of phenolic OH excluding ortho intramolecular Hbond substituents is 2. The summed E-state index contributed by atoms with van der Waals surface area (Å²) < 4.78 is 29.7. The molecule has 288 valence electrons. The molecule has 54 heavy (non-hydrogen) atoms. The molecule has 13 nitrogen and oxygen atoms in total. The van der Waals surface area contributed by atoms with E-state index in [9.17, 15) is 24.9 Å². The lowest BCUT2D eigenvalue weighted by Gasteiger charge is -2.53. The summed E-state index contributed by atoms with van der Waals surface area (Å²) in [5.41, 5.74) is 4.75. The Morgan fingerprint density at radius 2 is 1.78 bits per heavy atom. The van der Waals surface area contributed by atoms with Crippen LogP contribution in [0.15, 0.2) is 18.2 Å². The second-order valence-corrected chi connectivity index (χ2v) is 16.2. The summed E-state index contributed by atoms with van der Waals surface area (Å²) in [6.45, 7) is 5.58.